The third-order valence-corrected chi connectivity index (χ3v) is 6.64. The van der Waals surface area contributed by atoms with Crippen LogP contribution in [0.1, 0.15) is 67.6 Å². The lowest BCUT2D eigenvalue weighted by molar-refractivity contribution is -0.0797. The first-order valence-corrected chi connectivity index (χ1v) is 11.5. The summed E-state index contributed by atoms with van der Waals surface area (Å²) in [6, 6.07) is 6.03. The summed E-state index contributed by atoms with van der Waals surface area (Å²) < 4.78 is 16.4. The lowest BCUT2D eigenvalue weighted by Gasteiger charge is -2.29. The zero-order chi connectivity index (χ0) is 25.9. The van der Waals surface area contributed by atoms with Gasteiger partial charge in [-0.1, -0.05) is 17.7 Å². The van der Waals surface area contributed by atoms with Crippen LogP contribution in [0.5, 0.6) is 28.7 Å². The van der Waals surface area contributed by atoms with Crippen LogP contribution in [-0.2, 0) is 11.2 Å². The maximum absolute atomic E-state index is 13.0. The molecule has 0 saturated carbocycles. The summed E-state index contributed by atoms with van der Waals surface area (Å²) in [5, 5.41) is 41.5. The number of aliphatic hydroxyl groups is 1. The molecule has 0 amide bonds. The van der Waals surface area contributed by atoms with Crippen molar-refractivity contribution in [2.75, 3.05) is 14.2 Å². The number of hydrogen-bond acceptors (Lipinski definition) is 8. The average molecular weight is 487 g/mol. The van der Waals surface area contributed by atoms with Gasteiger partial charge in [-0.05, 0) is 57.7 Å². The number of phenolic OH excluding ortho intramolecular Hbond substituents is 3. The van der Waals surface area contributed by atoms with Crippen LogP contribution in [0.2, 0.25) is 0 Å². The number of benzene rings is 2. The van der Waals surface area contributed by atoms with Crippen LogP contribution < -0.4 is 9.47 Å². The lowest BCUT2D eigenvalue weighted by atomic mass is 9.92. The molecule has 4 N–H and O–H groups in total. The predicted molar refractivity (Wildman–Crippen MR) is 131 cm³/mol. The summed E-state index contributed by atoms with van der Waals surface area (Å²) in [6.45, 7) is 5.55. The van der Waals surface area contributed by atoms with Crippen molar-refractivity contribution in [3.8, 4) is 28.7 Å². The van der Waals surface area contributed by atoms with E-state index in [0.717, 1.165) is 5.57 Å². The molecule has 0 spiro atoms. The minimum Gasteiger partial charge on any atom is -0.507 e. The first kappa shape index (κ1) is 26.4. The minimum atomic E-state index is -0.654. The summed E-state index contributed by atoms with van der Waals surface area (Å²) in [5.74, 6) is -0.459. The van der Waals surface area contributed by atoms with E-state index in [1.165, 1.54) is 19.2 Å². The molecule has 1 aliphatic rings. The van der Waals surface area contributed by atoms with Gasteiger partial charge in [0.25, 0.3) is 0 Å². The maximum Gasteiger partial charge on any atom is 0.174 e. The molecule has 0 aromatic heterocycles. The molecule has 1 heterocycles. The standard InChI is InChI=1S/C27H34O8/c1-15(7-11-24(31)27(2,3)34-5)6-9-17-19(29)13-23-25(26(17)32)20(30)14-21(35-23)16-8-10-18(28)22(12-16)33-4/h6,8,10,12-13,21,24,28-29,31-32H,7,9,11,14H2,1-5H3/t21-,24-/m0/s1. The second kappa shape index (κ2) is 10.6. The van der Waals surface area contributed by atoms with Gasteiger partial charge in [-0.15, -0.1) is 0 Å². The Kier molecular flexibility index (Phi) is 7.97. The highest BCUT2D eigenvalue weighted by Gasteiger charge is 2.33. The molecule has 0 radical (unpaired) electrons. The third-order valence-electron chi connectivity index (χ3n) is 6.64. The number of ketones is 1. The zero-order valence-corrected chi connectivity index (χ0v) is 20.8. The van der Waals surface area contributed by atoms with Crippen LogP contribution >= 0.6 is 0 Å². The van der Waals surface area contributed by atoms with Crippen molar-refractivity contribution in [3.63, 3.8) is 0 Å². The fraction of sp³-hybridized carbons (Fsp3) is 0.444. The SMILES string of the molecule is COc1cc([C@@H]2CC(=O)c3c(cc(O)c(CC=C(C)CC[C@H](O)C(C)(C)OC)c3O)O2)ccc1O. The van der Waals surface area contributed by atoms with Crippen molar-refractivity contribution < 1.29 is 39.4 Å². The van der Waals surface area contributed by atoms with E-state index in [9.17, 15) is 25.2 Å². The fourth-order valence-electron chi connectivity index (χ4n) is 4.01. The number of phenols is 3. The average Bonchev–Trinajstić information content (AvgIpc) is 2.81. The monoisotopic (exact) mass is 486 g/mol. The molecule has 35 heavy (non-hydrogen) atoms. The summed E-state index contributed by atoms with van der Waals surface area (Å²) in [7, 11) is 2.99. The molecule has 8 nitrogen and oxygen atoms in total. The molecule has 0 unspecified atom stereocenters. The lowest BCUT2D eigenvalue weighted by Crippen LogP contribution is -2.37. The normalized spacial score (nSPS) is 17.0. The van der Waals surface area contributed by atoms with Crippen LogP contribution in [0.15, 0.2) is 35.9 Å². The number of hydrogen-bond donors (Lipinski definition) is 4. The minimum absolute atomic E-state index is 0.0131. The van der Waals surface area contributed by atoms with Gasteiger partial charge >= 0.3 is 0 Å². The third kappa shape index (κ3) is 5.71. The number of carbonyl (C=O) groups excluding carboxylic acids is 1. The van der Waals surface area contributed by atoms with Gasteiger partial charge in [0.2, 0.25) is 0 Å². The smallest absolute Gasteiger partial charge is 0.174 e. The molecular formula is C27H34O8. The highest BCUT2D eigenvalue weighted by molar-refractivity contribution is 6.03. The first-order valence-electron chi connectivity index (χ1n) is 11.5. The molecule has 0 saturated heterocycles. The highest BCUT2D eigenvalue weighted by atomic mass is 16.5. The molecule has 0 fully saturated rings. The van der Waals surface area contributed by atoms with E-state index in [1.807, 2.05) is 26.8 Å². The maximum atomic E-state index is 13.0. The Morgan fingerprint density at radius 2 is 1.91 bits per heavy atom. The molecule has 190 valence electrons. The topological polar surface area (TPSA) is 126 Å². The molecular weight excluding hydrogens is 452 g/mol. The number of aromatic hydroxyl groups is 3. The second-order valence-electron chi connectivity index (χ2n) is 9.38. The van der Waals surface area contributed by atoms with Crippen LogP contribution in [0.3, 0.4) is 0 Å². The van der Waals surface area contributed by atoms with Crippen molar-refractivity contribution in [2.24, 2.45) is 0 Å². The van der Waals surface area contributed by atoms with Crippen molar-refractivity contribution >= 4 is 5.78 Å². The Bertz CT molecular complexity index is 1120. The number of aliphatic hydroxyl groups excluding tert-OH is 1. The van der Waals surface area contributed by atoms with Gasteiger partial charge in [0, 0.05) is 18.7 Å². The van der Waals surface area contributed by atoms with Crippen molar-refractivity contribution in [1.29, 1.82) is 0 Å². The number of ether oxygens (including phenoxy) is 3. The zero-order valence-electron chi connectivity index (χ0n) is 20.8. The number of rotatable bonds is 9. The summed E-state index contributed by atoms with van der Waals surface area (Å²) in [6.07, 6.45) is 1.87. The van der Waals surface area contributed by atoms with Crippen molar-refractivity contribution in [1.82, 2.24) is 0 Å². The summed E-state index contributed by atoms with van der Waals surface area (Å²) >= 11 is 0. The van der Waals surface area contributed by atoms with E-state index in [1.54, 1.807) is 19.2 Å². The first-order chi connectivity index (χ1) is 16.5. The van der Waals surface area contributed by atoms with Gasteiger partial charge in [-0.25, -0.2) is 0 Å². The molecule has 2 atom stereocenters. The predicted octanol–water partition coefficient (Wildman–Crippen LogP) is 4.57. The van der Waals surface area contributed by atoms with Crippen LogP contribution in [-0.4, -0.2) is 52.1 Å². The van der Waals surface area contributed by atoms with Gasteiger partial charge in [0.05, 0.1) is 25.2 Å². The van der Waals surface area contributed by atoms with E-state index in [0.29, 0.717) is 18.4 Å². The van der Waals surface area contributed by atoms with E-state index >= 15 is 0 Å². The number of allylic oxidation sites excluding steroid dienone is 2. The fourth-order valence-corrected chi connectivity index (χ4v) is 4.01. The molecule has 3 rings (SSSR count). The Labute approximate surface area is 205 Å². The molecule has 0 bridgehead atoms. The molecule has 0 aliphatic carbocycles. The van der Waals surface area contributed by atoms with E-state index in [-0.39, 0.29) is 58.5 Å². The Morgan fingerprint density at radius 1 is 1.20 bits per heavy atom. The summed E-state index contributed by atoms with van der Waals surface area (Å²) in [5.41, 5.74) is 1.22. The van der Waals surface area contributed by atoms with Gasteiger partial charge < -0.3 is 34.6 Å². The Morgan fingerprint density at radius 3 is 2.57 bits per heavy atom. The van der Waals surface area contributed by atoms with E-state index in [2.05, 4.69) is 0 Å². The van der Waals surface area contributed by atoms with Crippen LogP contribution in [0.25, 0.3) is 0 Å². The molecule has 1 aliphatic heterocycles. The Balaban J connectivity index is 1.78. The molecule has 2 aromatic rings. The molecule has 2 aromatic carbocycles. The van der Waals surface area contributed by atoms with Gasteiger partial charge in [-0.2, -0.15) is 0 Å². The van der Waals surface area contributed by atoms with Crippen molar-refractivity contribution in [2.45, 2.75) is 64.3 Å². The molecule has 8 heteroatoms. The number of Topliss-reactive ketones (excluding diaryl/α,β-unsaturated/α-hetero) is 1. The Hall–Kier alpha value is -3.23. The van der Waals surface area contributed by atoms with Crippen LogP contribution in [0, 0.1) is 0 Å². The van der Waals surface area contributed by atoms with E-state index < -0.39 is 17.8 Å². The van der Waals surface area contributed by atoms with E-state index in [4.69, 9.17) is 14.2 Å². The quantitative estimate of drug-likeness (QED) is 0.380. The number of carbonyl (C=O) groups is 1. The number of methoxy groups -OCH3 is 2. The van der Waals surface area contributed by atoms with Crippen LogP contribution in [0.4, 0.5) is 0 Å². The van der Waals surface area contributed by atoms with Gasteiger partial charge in [0.1, 0.15) is 28.9 Å². The van der Waals surface area contributed by atoms with Gasteiger partial charge in [-0.3, -0.25) is 4.79 Å². The largest absolute Gasteiger partial charge is 0.507 e. The second-order valence-corrected chi connectivity index (χ2v) is 9.38. The highest BCUT2D eigenvalue weighted by Crippen LogP contribution is 2.45. The summed E-state index contributed by atoms with van der Waals surface area (Å²) in [4.78, 5) is 13.0. The van der Waals surface area contributed by atoms with Crippen molar-refractivity contribution in [3.05, 3.63) is 52.6 Å². The van der Waals surface area contributed by atoms with Gasteiger partial charge in [0.15, 0.2) is 17.3 Å². The number of fused-ring (bicyclic) bond motifs is 1.